The average molecular weight is 269 g/mol. The summed E-state index contributed by atoms with van der Waals surface area (Å²) in [7, 11) is 0. The van der Waals surface area contributed by atoms with E-state index in [0.717, 1.165) is 19.5 Å². The lowest BCUT2D eigenvalue weighted by atomic mass is 10.2. The van der Waals surface area contributed by atoms with Gasteiger partial charge >= 0.3 is 0 Å². The van der Waals surface area contributed by atoms with Crippen molar-refractivity contribution in [1.29, 1.82) is 0 Å². The molecule has 0 amide bonds. The Morgan fingerprint density at radius 3 is 2.44 bits per heavy atom. The normalized spacial score (nSPS) is 12.9. The summed E-state index contributed by atoms with van der Waals surface area (Å²) in [6, 6.07) is 8.48. The topological polar surface area (TPSA) is 43.7 Å². The van der Waals surface area contributed by atoms with Gasteiger partial charge in [0, 0.05) is 18.0 Å². The summed E-state index contributed by atoms with van der Waals surface area (Å²) in [5, 5.41) is 18.4. The maximum atomic E-state index is 9.52. The highest BCUT2D eigenvalue weighted by Crippen LogP contribution is 2.16. The van der Waals surface area contributed by atoms with Gasteiger partial charge in [0.1, 0.15) is 0 Å². The number of aliphatic hydroxyl groups excluding tert-OH is 2. The summed E-state index contributed by atoms with van der Waals surface area (Å²) >= 11 is 1.73. The van der Waals surface area contributed by atoms with Gasteiger partial charge in [-0.2, -0.15) is 0 Å². The van der Waals surface area contributed by atoms with Gasteiger partial charge in [-0.1, -0.05) is 19.1 Å². The molecule has 0 aromatic heterocycles. The SMILES string of the molecule is CCCN(Cc1ccc(SC)cc1)C[C@@H](O)CO. The Morgan fingerprint density at radius 1 is 1.28 bits per heavy atom. The molecule has 1 aromatic carbocycles. The molecule has 0 spiro atoms. The van der Waals surface area contributed by atoms with E-state index in [9.17, 15) is 5.11 Å². The van der Waals surface area contributed by atoms with Gasteiger partial charge < -0.3 is 10.2 Å². The highest BCUT2D eigenvalue weighted by molar-refractivity contribution is 7.98. The van der Waals surface area contributed by atoms with E-state index in [1.165, 1.54) is 10.5 Å². The van der Waals surface area contributed by atoms with Crippen LogP contribution in [0.5, 0.6) is 0 Å². The second kappa shape index (κ2) is 8.53. The molecule has 1 atom stereocenters. The van der Waals surface area contributed by atoms with Gasteiger partial charge in [0.15, 0.2) is 0 Å². The molecule has 0 heterocycles. The van der Waals surface area contributed by atoms with Crippen molar-refractivity contribution < 1.29 is 10.2 Å². The van der Waals surface area contributed by atoms with E-state index in [-0.39, 0.29) is 6.61 Å². The minimum Gasteiger partial charge on any atom is -0.394 e. The smallest absolute Gasteiger partial charge is 0.0897 e. The third kappa shape index (κ3) is 5.40. The maximum absolute atomic E-state index is 9.52. The van der Waals surface area contributed by atoms with Gasteiger partial charge in [-0.05, 0) is 36.9 Å². The third-order valence-electron chi connectivity index (χ3n) is 2.78. The first-order chi connectivity index (χ1) is 8.69. The zero-order valence-electron chi connectivity index (χ0n) is 11.2. The van der Waals surface area contributed by atoms with Crippen molar-refractivity contribution in [3.05, 3.63) is 29.8 Å². The van der Waals surface area contributed by atoms with Gasteiger partial charge in [0.25, 0.3) is 0 Å². The Balaban J connectivity index is 2.58. The van der Waals surface area contributed by atoms with E-state index in [1.54, 1.807) is 11.8 Å². The van der Waals surface area contributed by atoms with Crippen molar-refractivity contribution in [2.24, 2.45) is 0 Å². The molecule has 1 rings (SSSR count). The molecule has 0 aliphatic carbocycles. The number of rotatable bonds is 8. The molecule has 0 radical (unpaired) electrons. The van der Waals surface area contributed by atoms with Crippen LogP contribution in [0.3, 0.4) is 0 Å². The molecule has 0 unspecified atom stereocenters. The number of hydrogen-bond acceptors (Lipinski definition) is 4. The lowest BCUT2D eigenvalue weighted by Crippen LogP contribution is -2.34. The summed E-state index contributed by atoms with van der Waals surface area (Å²) in [4.78, 5) is 3.44. The van der Waals surface area contributed by atoms with Gasteiger partial charge in [-0.3, -0.25) is 4.90 Å². The van der Waals surface area contributed by atoms with Crippen LogP contribution in [0.2, 0.25) is 0 Å². The van der Waals surface area contributed by atoms with Crippen LogP contribution in [-0.2, 0) is 6.54 Å². The molecule has 1 aromatic rings. The van der Waals surface area contributed by atoms with Crippen LogP contribution in [0, 0.1) is 0 Å². The van der Waals surface area contributed by atoms with Crippen LogP contribution in [0.1, 0.15) is 18.9 Å². The number of hydrogen-bond donors (Lipinski definition) is 2. The fraction of sp³-hybridized carbons (Fsp3) is 0.571. The van der Waals surface area contributed by atoms with Crippen molar-refractivity contribution in [2.45, 2.75) is 30.9 Å². The van der Waals surface area contributed by atoms with E-state index in [2.05, 4.69) is 42.3 Å². The highest BCUT2D eigenvalue weighted by Gasteiger charge is 2.10. The first kappa shape index (κ1) is 15.5. The van der Waals surface area contributed by atoms with E-state index in [1.807, 2.05) is 0 Å². The van der Waals surface area contributed by atoms with Crippen LogP contribution in [0.4, 0.5) is 0 Å². The Morgan fingerprint density at radius 2 is 1.94 bits per heavy atom. The van der Waals surface area contributed by atoms with Crippen molar-refractivity contribution in [3.8, 4) is 0 Å². The fourth-order valence-electron chi connectivity index (χ4n) is 1.90. The summed E-state index contributed by atoms with van der Waals surface area (Å²) in [6.07, 6.45) is 2.46. The van der Waals surface area contributed by atoms with Crippen LogP contribution < -0.4 is 0 Å². The minimum atomic E-state index is -0.651. The number of benzene rings is 1. The highest BCUT2D eigenvalue weighted by atomic mass is 32.2. The molecule has 2 N–H and O–H groups in total. The van der Waals surface area contributed by atoms with Gasteiger partial charge in [0.05, 0.1) is 12.7 Å². The van der Waals surface area contributed by atoms with Crippen LogP contribution in [0.15, 0.2) is 29.2 Å². The summed E-state index contributed by atoms with van der Waals surface area (Å²) in [5.74, 6) is 0. The van der Waals surface area contributed by atoms with Crippen molar-refractivity contribution in [3.63, 3.8) is 0 Å². The molecular weight excluding hydrogens is 246 g/mol. The number of nitrogens with zero attached hydrogens (tertiary/aromatic N) is 1. The van der Waals surface area contributed by atoms with Gasteiger partial charge in [0.2, 0.25) is 0 Å². The van der Waals surface area contributed by atoms with Crippen molar-refractivity contribution in [2.75, 3.05) is 26.0 Å². The van der Waals surface area contributed by atoms with Gasteiger partial charge in [-0.25, -0.2) is 0 Å². The monoisotopic (exact) mass is 269 g/mol. The third-order valence-corrected chi connectivity index (χ3v) is 3.53. The van der Waals surface area contributed by atoms with Crippen molar-refractivity contribution >= 4 is 11.8 Å². The Kier molecular flexibility index (Phi) is 7.35. The quantitative estimate of drug-likeness (QED) is 0.708. The predicted octanol–water partition coefficient (Wildman–Crippen LogP) is 1.97. The van der Waals surface area contributed by atoms with E-state index < -0.39 is 6.10 Å². The van der Waals surface area contributed by atoms with Crippen LogP contribution in [-0.4, -0.2) is 47.2 Å². The molecule has 0 aliphatic rings. The van der Waals surface area contributed by atoms with Crippen LogP contribution >= 0.6 is 11.8 Å². The Bertz CT molecular complexity index is 329. The molecule has 4 heteroatoms. The molecule has 102 valence electrons. The predicted molar refractivity (Wildman–Crippen MR) is 76.9 cm³/mol. The lowest BCUT2D eigenvalue weighted by Gasteiger charge is -2.24. The lowest BCUT2D eigenvalue weighted by molar-refractivity contribution is 0.0567. The molecule has 18 heavy (non-hydrogen) atoms. The average Bonchev–Trinajstić information content (AvgIpc) is 2.39. The standard InChI is InChI=1S/C14H23NO2S/c1-3-8-15(10-13(17)11-16)9-12-4-6-14(18-2)7-5-12/h4-7,13,16-17H,3,8-11H2,1-2H3/t13-/m1/s1. The first-order valence-corrected chi connectivity index (χ1v) is 7.56. The molecule has 3 nitrogen and oxygen atoms in total. The molecule has 0 fully saturated rings. The van der Waals surface area contributed by atoms with Crippen LogP contribution in [0.25, 0.3) is 0 Å². The summed E-state index contributed by atoms with van der Waals surface area (Å²) < 4.78 is 0. The second-order valence-corrected chi connectivity index (χ2v) is 5.30. The molecule has 0 bridgehead atoms. The largest absolute Gasteiger partial charge is 0.394 e. The first-order valence-electron chi connectivity index (χ1n) is 6.33. The zero-order valence-corrected chi connectivity index (χ0v) is 12.0. The fourth-order valence-corrected chi connectivity index (χ4v) is 2.30. The Hall–Kier alpha value is -0.550. The zero-order chi connectivity index (χ0) is 13.4. The van der Waals surface area contributed by atoms with E-state index in [0.29, 0.717) is 6.54 Å². The minimum absolute atomic E-state index is 0.175. The molecular formula is C14H23NO2S. The van der Waals surface area contributed by atoms with Gasteiger partial charge in [-0.15, -0.1) is 11.8 Å². The molecule has 0 saturated heterocycles. The molecule has 0 saturated carbocycles. The van der Waals surface area contributed by atoms with E-state index >= 15 is 0 Å². The van der Waals surface area contributed by atoms with E-state index in [4.69, 9.17) is 5.11 Å². The number of thioether (sulfide) groups is 1. The summed E-state index contributed by atoms with van der Waals surface area (Å²) in [6.45, 7) is 4.22. The number of aliphatic hydroxyl groups is 2. The van der Waals surface area contributed by atoms with Crippen molar-refractivity contribution in [1.82, 2.24) is 4.90 Å². The maximum Gasteiger partial charge on any atom is 0.0897 e. The second-order valence-electron chi connectivity index (χ2n) is 4.42. The summed E-state index contributed by atoms with van der Waals surface area (Å²) in [5.41, 5.74) is 1.24. The molecule has 0 aliphatic heterocycles. The Labute approximate surface area is 114 Å².